The van der Waals surface area contributed by atoms with Crippen LogP contribution in [0.5, 0.6) is 0 Å². The van der Waals surface area contributed by atoms with Crippen molar-refractivity contribution < 1.29 is 19.1 Å². The Balaban J connectivity index is 1.59. The summed E-state index contributed by atoms with van der Waals surface area (Å²) in [6.07, 6.45) is 3.07. The minimum Gasteiger partial charge on any atom is -0.376 e. The minimum absolute atomic E-state index is 0.118. The van der Waals surface area contributed by atoms with E-state index in [4.69, 9.17) is 16.3 Å². The van der Waals surface area contributed by atoms with Crippen molar-refractivity contribution in [1.82, 2.24) is 4.90 Å². The monoisotopic (exact) mass is 440 g/mol. The van der Waals surface area contributed by atoms with E-state index < -0.39 is 0 Å². The van der Waals surface area contributed by atoms with Gasteiger partial charge in [-0.3, -0.25) is 19.3 Å². The van der Waals surface area contributed by atoms with Crippen LogP contribution in [-0.4, -0.2) is 41.9 Å². The van der Waals surface area contributed by atoms with Crippen LogP contribution >= 0.6 is 11.6 Å². The summed E-state index contributed by atoms with van der Waals surface area (Å²) in [6, 6.07) is 8.39. The van der Waals surface area contributed by atoms with E-state index in [9.17, 15) is 14.4 Å². The van der Waals surface area contributed by atoms with E-state index >= 15 is 0 Å². The molecule has 0 spiro atoms. The Morgan fingerprint density at radius 3 is 2.58 bits per heavy atom. The molecule has 162 valence electrons. The average molecular weight is 441 g/mol. The summed E-state index contributed by atoms with van der Waals surface area (Å²) >= 11 is 6.34. The van der Waals surface area contributed by atoms with E-state index in [1.807, 2.05) is 26.0 Å². The minimum atomic E-state index is -0.378. The second-order valence-corrected chi connectivity index (χ2v) is 8.24. The zero-order valence-electron chi connectivity index (χ0n) is 17.7. The number of carbonyl (C=O) groups excluding carboxylic acids is 3. The van der Waals surface area contributed by atoms with Crippen LogP contribution in [0.25, 0.3) is 0 Å². The highest BCUT2D eigenvalue weighted by molar-refractivity contribution is 6.32. The molecule has 1 atom stereocenters. The first-order valence-electron chi connectivity index (χ1n) is 10.7. The van der Waals surface area contributed by atoms with Crippen LogP contribution in [-0.2, 0) is 17.6 Å². The quantitative estimate of drug-likeness (QED) is 0.671. The van der Waals surface area contributed by atoms with Crippen molar-refractivity contribution in [3.63, 3.8) is 0 Å². The molecular formula is C24H25ClN2O4. The maximum atomic E-state index is 13.0. The number of nitrogens with zero attached hydrogens (tertiary/aromatic N) is 1. The van der Waals surface area contributed by atoms with Crippen LogP contribution in [0.1, 0.15) is 68.9 Å². The summed E-state index contributed by atoms with van der Waals surface area (Å²) in [6.45, 7) is 4.90. The van der Waals surface area contributed by atoms with Gasteiger partial charge in [-0.15, -0.1) is 0 Å². The zero-order chi connectivity index (χ0) is 22.1. The number of ether oxygens (including phenoxy) is 1. The molecule has 2 heterocycles. The summed E-state index contributed by atoms with van der Waals surface area (Å²) in [5, 5.41) is 3.58. The molecule has 0 radical (unpaired) electrons. The Morgan fingerprint density at radius 1 is 1.13 bits per heavy atom. The highest BCUT2D eigenvalue weighted by Crippen LogP contribution is 2.31. The third-order valence-corrected chi connectivity index (χ3v) is 6.31. The van der Waals surface area contributed by atoms with Gasteiger partial charge in [-0.25, -0.2) is 0 Å². The second kappa shape index (κ2) is 8.81. The molecule has 3 amide bonds. The molecule has 1 fully saturated rings. The highest BCUT2D eigenvalue weighted by Gasteiger charge is 2.38. The number of fused-ring (bicyclic) bond motifs is 1. The standard InChI is InChI=1S/C24H25ClN2O4/c1-3-14-8-10-20(25)17(4-2)21(14)26-22(28)15-7-9-18-19(12-15)24(30)27(23(18)29)13-16-6-5-11-31-16/h7-10,12,16H,3-6,11,13H2,1-2H3,(H,26,28). The van der Waals surface area contributed by atoms with Crippen LogP contribution in [0.4, 0.5) is 5.69 Å². The smallest absolute Gasteiger partial charge is 0.261 e. The molecule has 2 aromatic carbocycles. The summed E-state index contributed by atoms with van der Waals surface area (Å²) in [5.41, 5.74) is 3.49. The van der Waals surface area contributed by atoms with Gasteiger partial charge in [0.2, 0.25) is 0 Å². The number of anilines is 1. The van der Waals surface area contributed by atoms with Gasteiger partial charge in [-0.2, -0.15) is 0 Å². The van der Waals surface area contributed by atoms with Crippen molar-refractivity contribution in [1.29, 1.82) is 0 Å². The van der Waals surface area contributed by atoms with Crippen LogP contribution < -0.4 is 5.32 Å². The SMILES string of the molecule is CCc1ccc(Cl)c(CC)c1NC(=O)c1ccc2c(c1)C(=O)N(CC1CCCO1)C2=O. The third kappa shape index (κ3) is 3.98. The van der Waals surface area contributed by atoms with E-state index in [1.165, 1.54) is 11.0 Å². The van der Waals surface area contributed by atoms with Gasteiger partial charge in [0.15, 0.2) is 0 Å². The molecule has 7 heteroatoms. The van der Waals surface area contributed by atoms with Crippen LogP contribution in [0.2, 0.25) is 5.02 Å². The number of carbonyl (C=O) groups is 3. The molecule has 0 saturated carbocycles. The van der Waals surface area contributed by atoms with Crippen molar-refractivity contribution in [2.75, 3.05) is 18.5 Å². The highest BCUT2D eigenvalue weighted by atomic mass is 35.5. The molecule has 0 aliphatic carbocycles. The van der Waals surface area contributed by atoms with E-state index in [0.717, 1.165) is 30.4 Å². The van der Waals surface area contributed by atoms with Gasteiger partial charge in [0.1, 0.15) is 0 Å². The Morgan fingerprint density at radius 2 is 1.90 bits per heavy atom. The molecule has 0 bridgehead atoms. The Labute approximate surface area is 186 Å². The molecule has 2 aliphatic heterocycles. The molecule has 1 N–H and O–H groups in total. The fourth-order valence-corrected chi connectivity index (χ4v) is 4.53. The van der Waals surface area contributed by atoms with Gasteiger partial charge in [0.25, 0.3) is 17.7 Å². The molecule has 2 aromatic rings. The molecule has 6 nitrogen and oxygen atoms in total. The van der Waals surface area contributed by atoms with Gasteiger partial charge < -0.3 is 10.1 Å². The molecule has 1 saturated heterocycles. The van der Waals surface area contributed by atoms with Gasteiger partial charge in [0.05, 0.1) is 23.8 Å². The largest absolute Gasteiger partial charge is 0.376 e. The second-order valence-electron chi connectivity index (χ2n) is 7.84. The number of halogens is 1. The molecular weight excluding hydrogens is 416 g/mol. The van der Waals surface area contributed by atoms with Gasteiger partial charge >= 0.3 is 0 Å². The molecule has 31 heavy (non-hydrogen) atoms. The predicted molar refractivity (Wildman–Crippen MR) is 119 cm³/mol. The average Bonchev–Trinajstić information content (AvgIpc) is 3.37. The summed E-state index contributed by atoms with van der Waals surface area (Å²) in [4.78, 5) is 39.8. The summed E-state index contributed by atoms with van der Waals surface area (Å²) < 4.78 is 5.57. The number of amides is 3. The Kier molecular flexibility index (Phi) is 6.12. The zero-order valence-corrected chi connectivity index (χ0v) is 18.4. The van der Waals surface area contributed by atoms with E-state index in [1.54, 1.807) is 12.1 Å². The van der Waals surface area contributed by atoms with Gasteiger partial charge in [-0.05, 0) is 61.1 Å². The predicted octanol–water partition coefficient (Wildman–Crippen LogP) is 4.49. The number of nitrogens with one attached hydrogen (secondary N) is 1. The molecule has 4 rings (SSSR count). The lowest BCUT2D eigenvalue weighted by Gasteiger charge is -2.17. The number of benzene rings is 2. The topological polar surface area (TPSA) is 75.7 Å². The number of hydrogen-bond acceptors (Lipinski definition) is 4. The van der Waals surface area contributed by atoms with Crippen molar-refractivity contribution in [3.05, 3.63) is 63.2 Å². The van der Waals surface area contributed by atoms with Gasteiger partial charge in [0, 0.05) is 22.9 Å². The molecule has 0 aromatic heterocycles. The van der Waals surface area contributed by atoms with Crippen LogP contribution in [0.3, 0.4) is 0 Å². The van der Waals surface area contributed by atoms with Crippen molar-refractivity contribution >= 4 is 35.0 Å². The van der Waals surface area contributed by atoms with E-state index in [-0.39, 0.29) is 35.9 Å². The first kappa shape index (κ1) is 21.5. The van der Waals surface area contributed by atoms with Gasteiger partial charge in [-0.1, -0.05) is 31.5 Å². The van der Waals surface area contributed by atoms with Crippen LogP contribution in [0.15, 0.2) is 30.3 Å². The van der Waals surface area contributed by atoms with E-state index in [0.29, 0.717) is 34.9 Å². The third-order valence-electron chi connectivity index (χ3n) is 5.96. The maximum Gasteiger partial charge on any atom is 0.261 e. The lowest BCUT2D eigenvalue weighted by atomic mass is 10.0. The lowest BCUT2D eigenvalue weighted by molar-refractivity contribution is 0.0475. The lowest BCUT2D eigenvalue weighted by Crippen LogP contribution is -2.36. The Bertz CT molecular complexity index is 1060. The number of aryl methyl sites for hydroxylation is 1. The van der Waals surface area contributed by atoms with Crippen molar-refractivity contribution in [2.24, 2.45) is 0 Å². The van der Waals surface area contributed by atoms with Crippen molar-refractivity contribution in [3.8, 4) is 0 Å². The fourth-order valence-electron chi connectivity index (χ4n) is 4.24. The first-order valence-corrected chi connectivity index (χ1v) is 11.1. The number of hydrogen-bond donors (Lipinski definition) is 1. The van der Waals surface area contributed by atoms with Crippen molar-refractivity contribution in [2.45, 2.75) is 45.6 Å². The molecule has 2 aliphatic rings. The molecule has 1 unspecified atom stereocenters. The normalized spacial score (nSPS) is 17.9. The summed E-state index contributed by atoms with van der Waals surface area (Å²) in [7, 11) is 0. The maximum absolute atomic E-state index is 13.0. The van der Waals surface area contributed by atoms with E-state index in [2.05, 4.69) is 5.32 Å². The van der Waals surface area contributed by atoms with Crippen LogP contribution in [0, 0.1) is 0 Å². The number of imide groups is 1. The first-order chi connectivity index (χ1) is 14.9. The number of rotatable bonds is 6. The fraction of sp³-hybridized carbons (Fsp3) is 0.375. The summed E-state index contributed by atoms with van der Waals surface area (Å²) in [5.74, 6) is -1.05. The Hall–Kier alpha value is -2.70.